The molecular weight excluding hydrogens is 348 g/mol. The van der Waals surface area contributed by atoms with Crippen LogP contribution in [0.5, 0.6) is 0 Å². The summed E-state index contributed by atoms with van der Waals surface area (Å²) in [5.74, 6) is 0.882. The van der Waals surface area contributed by atoms with Gasteiger partial charge in [-0.25, -0.2) is 13.1 Å². The number of quaternary nitrogens is 1. The summed E-state index contributed by atoms with van der Waals surface area (Å²) in [4.78, 5) is 1.32. The predicted octanol–water partition coefficient (Wildman–Crippen LogP) is -0.376. The molecule has 0 spiro atoms. The topological polar surface area (TPSA) is 85.4 Å². The van der Waals surface area contributed by atoms with Gasteiger partial charge < -0.3 is 4.90 Å². The van der Waals surface area contributed by atoms with Gasteiger partial charge in [0.25, 0.3) is 10.0 Å². The van der Waals surface area contributed by atoms with Gasteiger partial charge in [0, 0.05) is 6.54 Å². The SMILES string of the molecule is CCCCn1nnnc1C[NH+]1CCN(S(=O)(=O)c2cccs2)CC1. The standard InChI is InChI=1S/C14H22N6O2S2/c1-2-3-6-20-13(15-16-17-20)12-18-7-9-19(10-8-18)24(21,22)14-5-4-11-23-14/h4-5,11H,2-3,6-10,12H2,1H3/p+1. The van der Waals surface area contributed by atoms with Crippen molar-refractivity contribution < 1.29 is 13.3 Å². The summed E-state index contributed by atoms with van der Waals surface area (Å²) in [6.07, 6.45) is 2.16. The van der Waals surface area contributed by atoms with E-state index in [1.807, 2.05) is 4.68 Å². The van der Waals surface area contributed by atoms with E-state index in [1.165, 1.54) is 16.2 Å². The molecule has 2 aromatic rings. The van der Waals surface area contributed by atoms with E-state index in [9.17, 15) is 8.42 Å². The van der Waals surface area contributed by atoms with Gasteiger partial charge in [0.15, 0.2) is 0 Å². The minimum absolute atomic E-state index is 0.425. The maximum atomic E-state index is 12.5. The van der Waals surface area contributed by atoms with Gasteiger partial charge in [0.1, 0.15) is 10.8 Å². The molecule has 0 amide bonds. The van der Waals surface area contributed by atoms with E-state index in [0.29, 0.717) is 17.3 Å². The summed E-state index contributed by atoms with van der Waals surface area (Å²) in [5, 5.41) is 13.7. The Kier molecular flexibility index (Phi) is 5.59. The van der Waals surface area contributed by atoms with Crippen molar-refractivity contribution in [1.82, 2.24) is 24.5 Å². The maximum absolute atomic E-state index is 12.5. The molecule has 0 saturated carbocycles. The van der Waals surface area contributed by atoms with Crippen molar-refractivity contribution in [2.24, 2.45) is 0 Å². The van der Waals surface area contributed by atoms with Crippen molar-refractivity contribution in [3.8, 4) is 0 Å². The van der Waals surface area contributed by atoms with E-state index in [-0.39, 0.29) is 0 Å². The van der Waals surface area contributed by atoms with Crippen LogP contribution in [-0.4, -0.2) is 59.1 Å². The molecule has 0 bridgehead atoms. The Morgan fingerprint density at radius 1 is 1.33 bits per heavy atom. The summed E-state index contributed by atoms with van der Waals surface area (Å²) in [6, 6.07) is 3.44. The zero-order valence-electron chi connectivity index (χ0n) is 13.8. The molecule has 0 atom stereocenters. The fraction of sp³-hybridized carbons (Fsp3) is 0.643. The second-order valence-electron chi connectivity index (χ2n) is 5.93. The van der Waals surface area contributed by atoms with E-state index < -0.39 is 10.0 Å². The van der Waals surface area contributed by atoms with Gasteiger partial charge in [0.05, 0.1) is 26.2 Å². The molecule has 3 rings (SSSR count). The molecule has 132 valence electrons. The third-order valence-electron chi connectivity index (χ3n) is 4.26. The third kappa shape index (κ3) is 3.82. The molecule has 1 aliphatic heterocycles. The first-order valence-electron chi connectivity index (χ1n) is 8.23. The lowest BCUT2D eigenvalue weighted by Crippen LogP contribution is -3.13. The minimum Gasteiger partial charge on any atom is -0.326 e. The van der Waals surface area contributed by atoms with Crippen LogP contribution in [0.1, 0.15) is 25.6 Å². The Morgan fingerprint density at radius 3 is 2.79 bits per heavy atom. The smallest absolute Gasteiger partial charge is 0.252 e. The van der Waals surface area contributed by atoms with Crippen molar-refractivity contribution in [2.45, 2.75) is 37.1 Å². The van der Waals surface area contributed by atoms with Gasteiger partial charge in [-0.15, -0.1) is 16.4 Å². The number of unbranched alkanes of at least 4 members (excludes halogenated alkanes) is 1. The first kappa shape index (κ1) is 17.5. The average Bonchev–Trinajstić information content (AvgIpc) is 3.26. The van der Waals surface area contributed by atoms with E-state index in [2.05, 4.69) is 22.4 Å². The zero-order valence-corrected chi connectivity index (χ0v) is 15.4. The van der Waals surface area contributed by atoms with Crippen LogP contribution in [0.25, 0.3) is 0 Å². The molecule has 1 N–H and O–H groups in total. The highest BCUT2D eigenvalue weighted by Crippen LogP contribution is 2.20. The Bertz CT molecular complexity index is 735. The molecule has 3 heterocycles. The fourth-order valence-electron chi connectivity index (χ4n) is 2.81. The van der Waals surface area contributed by atoms with Crippen LogP contribution >= 0.6 is 11.3 Å². The number of aryl methyl sites for hydroxylation is 1. The monoisotopic (exact) mass is 371 g/mol. The molecule has 0 aliphatic carbocycles. The molecule has 0 radical (unpaired) electrons. The summed E-state index contributed by atoms with van der Waals surface area (Å²) in [5.41, 5.74) is 0. The molecule has 0 unspecified atom stereocenters. The lowest BCUT2D eigenvalue weighted by atomic mass is 10.3. The van der Waals surface area contributed by atoms with Crippen LogP contribution in [0.3, 0.4) is 0 Å². The number of sulfonamides is 1. The number of rotatable bonds is 7. The highest BCUT2D eigenvalue weighted by Gasteiger charge is 2.31. The molecule has 10 heteroatoms. The van der Waals surface area contributed by atoms with Crippen molar-refractivity contribution in [2.75, 3.05) is 26.2 Å². The van der Waals surface area contributed by atoms with Gasteiger partial charge in [0.2, 0.25) is 5.82 Å². The van der Waals surface area contributed by atoms with Gasteiger partial charge in [-0.1, -0.05) is 19.4 Å². The molecule has 0 aromatic carbocycles. The van der Waals surface area contributed by atoms with Crippen LogP contribution in [-0.2, 0) is 23.1 Å². The number of hydrogen-bond acceptors (Lipinski definition) is 6. The number of aromatic nitrogens is 4. The van der Waals surface area contributed by atoms with Crippen LogP contribution < -0.4 is 4.90 Å². The van der Waals surface area contributed by atoms with E-state index in [0.717, 1.165) is 44.8 Å². The van der Waals surface area contributed by atoms with E-state index in [4.69, 9.17) is 0 Å². The normalized spacial score (nSPS) is 17.4. The Labute approximate surface area is 146 Å². The van der Waals surface area contributed by atoms with Crippen molar-refractivity contribution in [1.29, 1.82) is 0 Å². The second-order valence-corrected chi connectivity index (χ2v) is 9.05. The summed E-state index contributed by atoms with van der Waals surface area (Å²) >= 11 is 1.27. The van der Waals surface area contributed by atoms with Crippen LogP contribution in [0.2, 0.25) is 0 Å². The van der Waals surface area contributed by atoms with Crippen LogP contribution in [0.15, 0.2) is 21.7 Å². The zero-order chi connectivity index (χ0) is 17.0. The molecular formula is C14H23N6O2S2+. The quantitative estimate of drug-likeness (QED) is 0.717. The van der Waals surface area contributed by atoms with Gasteiger partial charge in [-0.2, -0.15) is 4.31 Å². The number of tetrazole rings is 1. The van der Waals surface area contributed by atoms with Crippen molar-refractivity contribution >= 4 is 21.4 Å². The summed E-state index contributed by atoms with van der Waals surface area (Å²) < 4.78 is 28.9. The Balaban J connectivity index is 1.57. The fourth-order valence-corrected chi connectivity index (χ4v) is 5.40. The number of nitrogens with zero attached hydrogens (tertiary/aromatic N) is 5. The molecule has 24 heavy (non-hydrogen) atoms. The molecule has 2 aromatic heterocycles. The molecule has 8 nitrogen and oxygen atoms in total. The highest BCUT2D eigenvalue weighted by atomic mass is 32.2. The number of thiophene rings is 1. The predicted molar refractivity (Wildman–Crippen MR) is 90.2 cm³/mol. The third-order valence-corrected chi connectivity index (χ3v) is 7.53. The molecule has 1 fully saturated rings. The summed E-state index contributed by atoms with van der Waals surface area (Å²) in [6.45, 7) is 6.33. The van der Waals surface area contributed by atoms with Gasteiger partial charge in [-0.3, -0.25) is 0 Å². The number of piperazine rings is 1. The average molecular weight is 372 g/mol. The van der Waals surface area contributed by atoms with Crippen molar-refractivity contribution in [3.63, 3.8) is 0 Å². The summed E-state index contributed by atoms with van der Waals surface area (Å²) in [7, 11) is -3.33. The van der Waals surface area contributed by atoms with Gasteiger partial charge in [-0.05, 0) is 28.3 Å². The second kappa shape index (κ2) is 7.68. The lowest BCUT2D eigenvalue weighted by molar-refractivity contribution is -0.918. The highest BCUT2D eigenvalue weighted by molar-refractivity contribution is 7.91. The van der Waals surface area contributed by atoms with Crippen LogP contribution in [0.4, 0.5) is 0 Å². The van der Waals surface area contributed by atoms with E-state index >= 15 is 0 Å². The maximum Gasteiger partial charge on any atom is 0.252 e. The first-order chi connectivity index (χ1) is 11.6. The lowest BCUT2D eigenvalue weighted by Gasteiger charge is -2.30. The Morgan fingerprint density at radius 2 is 2.12 bits per heavy atom. The largest absolute Gasteiger partial charge is 0.326 e. The molecule has 1 aliphatic rings. The Hall–Kier alpha value is -1.36. The minimum atomic E-state index is -3.33. The van der Waals surface area contributed by atoms with Gasteiger partial charge >= 0.3 is 0 Å². The van der Waals surface area contributed by atoms with E-state index in [1.54, 1.807) is 21.8 Å². The van der Waals surface area contributed by atoms with Crippen molar-refractivity contribution in [3.05, 3.63) is 23.3 Å². The number of nitrogens with one attached hydrogen (secondary N) is 1. The van der Waals surface area contributed by atoms with Crippen LogP contribution in [0, 0.1) is 0 Å². The first-order valence-corrected chi connectivity index (χ1v) is 10.6. The number of hydrogen-bond donors (Lipinski definition) is 1. The molecule has 1 saturated heterocycles.